The summed E-state index contributed by atoms with van der Waals surface area (Å²) in [5.74, 6) is -1.32. The highest BCUT2D eigenvalue weighted by atomic mass is 16.1. The van der Waals surface area contributed by atoms with Crippen LogP contribution < -0.4 is 22.1 Å². The second-order valence-corrected chi connectivity index (χ2v) is 5.44. The number of nitrogens with one attached hydrogen (secondary N) is 2. The van der Waals surface area contributed by atoms with Gasteiger partial charge in [0.1, 0.15) is 6.04 Å². The van der Waals surface area contributed by atoms with Crippen LogP contribution in [0.1, 0.15) is 29.4 Å². The van der Waals surface area contributed by atoms with Crippen LogP contribution in [0.25, 0.3) is 4.85 Å². The second kappa shape index (κ2) is 7.89. The molecular weight excluding hydrogens is 336 g/mol. The van der Waals surface area contributed by atoms with Gasteiger partial charge < -0.3 is 22.1 Å². The van der Waals surface area contributed by atoms with Crippen molar-refractivity contribution in [1.82, 2.24) is 15.2 Å². The molecule has 0 aliphatic carbocycles. The number of carbonyl (C=O) groups excluding carboxylic acids is 2. The average molecular weight is 354 g/mol. The monoisotopic (exact) mass is 354 g/mol. The van der Waals surface area contributed by atoms with Crippen LogP contribution in [0.3, 0.4) is 0 Å². The summed E-state index contributed by atoms with van der Waals surface area (Å²) in [6.45, 7) is 10.8. The van der Waals surface area contributed by atoms with E-state index in [0.29, 0.717) is 17.8 Å². The molecule has 1 atom stereocenters. The van der Waals surface area contributed by atoms with Crippen molar-refractivity contribution >= 4 is 35.0 Å². The van der Waals surface area contributed by atoms with Gasteiger partial charge in [-0.3, -0.25) is 9.59 Å². The molecule has 26 heavy (non-hydrogen) atoms. The van der Waals surface area contributed by atoms with Crippen LogP contribution in [0, 0.1) is 13.5 Å². The molecule has 0 saturated heterocycles. The first kappa shape index (κ1) is 18.6. The molecule has 0 saturated carbocycles. The van der Waals surface area contributed by atoms with Crippen molar-refractivity contribution in [2.24, 2.45) is 11.5 Å². The molecule has 2 amide bonds. The average Bonchev–Trinajstić information content (AvgIpc) is 2.60. The molecule has 2 aromatic rings. The lowest BCUT2D eigenvalue weighted by Crippen LogP contribution is -2.35. The smallest absolute Gasteiger partial charge is 0.273 e. The zero-order chi connectivity index (χ0) is 19.3. The molecule has 10 heteroatoms. The Labute approximate surface area is 149 Å². The van der Waals surface area contributed by atoms with Gasteiger partial charge in [0.25, 0.3) is 5.91 Å². The highest BCUT2D eigenvalue weighted by Gasteiger charge is 2.18. The van der Waals surface area contributed by atoms with Gasteiger partial charge in [-0.25, -0.2) is 4.85 Å². The van der Waals surface area contributed by atoms with Crippen molar-refractivity contribution in [3.05, 3.63) is 40.9 Å². The molecule has 0 radical (unpaired) electrons. The number of anilines is 3. The fraction of sp³-hybridized carbons (Fsp3) is 0.250. The molecule has 6 N–H and O–H groups in total. The number of hydrogen-bond acceptors (Lipinski definition) is 7. The number of nitrogens with zero attached hydrogens (tertiary/aromatic N) is 4. The Hall–Kier alpha value is -3.74. The number of nitrogens with two attached hydrogens (primary N) is 2. The molecular formula is C16H18N8O2. The van der Waals surface area contributed by atoms with E-state index >= 15 is 0 Å². The fourth-order valence-electron chi connectivity index (χ4n) is 2.11. The molecule has 0 fully saturated rings. The summed E-state index contributed by atoms with van der Waals surface area (Å²) in [7, 11) is 0. The molecule has 0 spiro atoms. The molecule has 1 heterocycles. The summed E-state index contributed by atoms with van der Waals surface area (Å²) in [4.78, 5) is 30.5. The number of rotatable bonds is 7. The number of amides is 2. The summed E-state index contributed by atoms with van der Waals surface area (Å²) in [6, 6.07) is 4.41. The molecule has 0 aliphatic rings. The summed E-state index contributed by atoms with van der Waals surface area (Å²) < 4.78 is 0. The fourth-order valence-corrected chi connectivity index (χ4v) is 2.11. The van der Waals surface area contributed by atoms with Crippen LogP contribution in [0.15, 0.2) is 18.2 Å². The van der Waals surface area contributed by atoms with Gasteiger partial charge in [0.2, 0.25) is 11.9 Å². The topological polar surface area (TPSA) is 153 Å². The summed E-state index contributed by atoms with van der Waals surface area (Å²) in [5, 5.41) is 13.2. The van der Waals surface area contributed by atoms with E-state index in [1.807, 2.05) is 6.92 Å². The van der Waals surface area contributed by atoms with E-state index in [0.717, 1.165) is 5.56 Å². The van der Waals surface area contributed by atoms with Gasteiger partial charge in [0.05, 0.1) is 6.57 Å². The van der Waals surface area contributed by atoms with E-state index in [2.05, 4.69) is 30.7 Å². The Bertz CT molecular complexity index is 890. The van der Waals surface area contributed by atoms with Crippen molar-refractivity contribution in [3.8, 4) is 0 Å². The number of benzene rings is 1. The number of primary amides is 2. The van der Waals surface area contributed by atoms with Crippen LogP contribution in [0.2, 0.25) is 0 Å². The zero-order valence-corrected chi connectivity index (χ0v) is 14.3. The van der Waals surface area contributed by atoms with Gasteiger partial charge in [-0.1, -0.05) is 13.0 Å². The Morgan fingerprint density at radius 3 is 2.62 bits per heavy atom. The van der Waals surface area contributed by atoms with E-state index in [1.54, 1.807) is 25.1 Å². The van der Waals surface area contributed by atoms with Gasteiger partial charge >= 0.3 is 0 Å². The summed E-state index contributed by atoms with van der Waals surface area (Å²) >= 11 is 0. The third-order valence-electron chi connectivity index (χ3n) is 3.57. The first-order valence-corrected chi connectivity index (χ1v) is 7.71. The van der Waals surface area contributed by atoms with Crippen LogP contribution in [-0.4, -0.2) is 33.0 Å². The number of carbonyl (C=O) groups is 2. The van der Waals surface area contributed by atoms with Gasteiger partial charge in [-0.05, 0) is 31.0 Å². The van der Waals surface area contributed by atoms with E-state index in [-0.39, 0.29) is 17.5 Å². The first-order valence-electron chi connectivity index (χ1n) is 7.71. The third-order valence-corrected chi connectivity index (χ3v) is 3.57. The van der Waals surface area contributed by atoms with Crippen LogP contribution >= 0.6 is 0 Å². The van der Waals surface area contributed by atoms with Crippen molar-refractivity contribution < 1.29 is 9.59 Å². The Morgan fingerprint density at radius 1 is 1.31 bits per heavy atom. The highest BCUT2D eigenvalue weighted by Crippen LogP contribution is 2.26. The second-order valence-electron chi connectivity index (χ2n) is 5.44. The van der Waals surface area contributed by atoms with Crippen molar-refractivity contribution in [2.75, 3.05) is 10.6 Å². The molecule has 0 unspecified atom stereocenters. The van der Waals surface area contributed by atoms with Gasteiger partial charge in [-0.15, -0.1) is 10.2 Å². The minimum atomic E-state index is -0.821. The van der Waals surface area contributed by atoms with Crippen molar-refractivity contribution in [1.29, 1.82) is 0 Å². The molecule has 0 aliphatic heterocycles. The first-order chi connectivity index (χ1) is 12.3. The number of aromatic nitrogens is 3. The standard InChI is InChI=1S/C16H18N8O2/c1-4-10(13(17)25)21-16-22-15(12(14(18)26)23-24-16)20-9-6-5-8(2)11(7-9)19-3/h5-7,10H,4H2,1-2H3,(H2,17,25)(H2,18,26)(H2,20,21,22,24)/t10-/m1/s1. The van der Waals surface area contributed by atoms with Crippen LogP contribution in [0.5, 0.6) is 0 Å². The highest BCUT2D eigenvalue weighted by molar-refractivity contribution is 5.96. The SMILES string of the molecule is [C-]#[N+]c1cc(Nc2nc(N[C@H](CC)C(N)=O)nnc2C(N)=O)ccc1C. The maximum Gasteiger partial charge on any atom is 0.273 e. The van der Waals surface area contributed by atoms with E-state index in [1.165, 1.54) is 0 Å². The van der Waals surface area contributed by atoms with Gasteiger partial charge in [0.15, 0.2) is 17.2 Å². The van der Waals surface area contributed by atoms with E-state index in [9.17, 15) is 9.59 Å². The molecule has 134 valence electrons. The minimum Gasteiger partial charge on any atom is -0.368 e. The lowest BCUT2D eigenvalue weighted by Gasteiger charge is -2.14. The summed E-state index contributed by atoms with van der Waals surface area (Å²) in [5.41, 5.74) is 12.2. The van der Waals surface area contributed by atoms with Crippen molar-refractivity contribution in [3.63, 3.8) is 0 Å². The molecule has 0 bridgehead atoms. The Balaban J connectivity index is 2.39. The Kier molecular flexibility index (Phi) is 5.64. The maximum atomic E-state index is 11.6. The predicted octanol–water partition coefficient (Wildman–Crippen LogP) is 1.25. The van der Waals surface area contributed by atoms with Crippen LogP contribution in [-0.2, 0) is 4.79 Å². The van der Waals surface area contributed by atoms with Gasteiger partial charge in [-0.2, -0.15) is 4.98 Å². The summed E-state index contributed by atoms with van der Waals surface area (Å²) in [6.07, 6.45) is 0.422. The van der Waals surface area contributed by atoms with E-state index in [4.69, 9.17) is 18.0 Å². The largest absolute Gasteiger partial charge is 0.368 e. The third kappa shape index (κ3) is 4.21. The number of aryl methyl sites for hydroxylation is 1. The molecule has 10 nitrogen and oxygen atoms in total. The zero-order valence-electron chi connectivity index (χ0n) is 14.3. The minimum absolute atomic E-state index is 0.0145. The lowest BCUT2D eigenvalue weighted by atomic mass is 10.2. The predicted molar refractivity (Wildman–Crippen MR) is 96.0 cm³/mol. The normalized spacial score (nSPS) is 11.3. The van der Waals surface area contributed by atoms with Crippen molar-refractivity contribution in [2.45, 2.75) is 26.3 Å². The molecule has 1 aromatic heterocycles. The molecule has 1 aromatic carbocycles. The number of hydrogen-bond donors (Lipinski definition) is 4. The Morgan fingerprint density at radius 2 is 2.04 bits per heavy atom. The van der Waals surface area contributed by atoms with E-state index < -0.39 is 17.9 Å². The maximum absolute atomic E-state index is 11.6. The van der Waals surface area contributed by atoms with Crippen LogP contribution in [0.4, 0.5) is 23.1 Å². The lowest BCUT2D eigenvalue weighted by molar-refractivity contribution is -0.118. The molecule has 2 rings (SSSR count). The quantitative estimate of drug-likeness (QED) is 0.546. The van der Waals surface area contributed by atoms with Gasteiger partial charge in [0, 0.05) is 5.69 Å².